The minimum Gasteiger partial charge on any atom is -0.462 e. The molecule has 0 aliphatic heterocycles. The normalized spacial score (nSPS) is 14.6. The molecule has 3 N–H and O–H groups in total. The van der Waals surface area contributed by atoms with Crippen molar-refractivity contribution in [1.29, 1.82) is 0 Å². The zero-order chi connectivity index (χ0) is 66.1. The van der Waals surface area contributed by atoms with Gasteiger partial charge in [0.1, 0.15) is 19.3 Å². The Kier molecular flexibility index (Phi) is 58.5. The van der Waals surface area contributed by atoms with Crippen LogP contribution in [0.2, 0.25) is 0 Å². The number of hydrogen-bond donors (Lipinski definition) is 3. The number of rotatable bonds is 67. The smallest absolute Gasteiger partial charge is 0.462 e. The lowest BCUT2D eigenvalue weighted by Crippen LogP contribution is -2.30. The first-order chi connectivity index (χ1) is 42.6. The summed E-state index contributed by atoms with van der Waals surface area (Å²) in [6.07, 6.45) is 41.7. The van der Waals surface area contributed by atoms with E-state index in [0.717, 1.165) is 120 Å². The number of carbonyl (C=O) groups is 4. The molecule has 0 amide bonds. The van der Waals surface area contributed by atoms with E-state index >= 15 is 0 Å². The van der Waals surface area contributed by atoms with Crippen molar-refractivity contribution in [2.45, 2.75) is 363 Å². The molecule has 17 nitrogen and oxygen atoms in total. The van der Waals surface area contributed by atoms with Crippen molar-refractivity contribution < 1.29 is 80.2 Å². The topological polar surface area (TPSA) is 237 Å². The highest BCUT2D eigenvalue weighted by Crippen LogP contribution is 2.45. The molecule has 0 bridgehead atoms. The molecule has 0 aliphatic carbocycles. The van der Waals surface area contributed by atoms with Crippen molar-refractivity contribution in [2.24, 2.45) is 23.7 Å². The van der Waals surface area contributed by atoms with Gasteiger partial charge in [-0.1, -0.05) is 293 Å². The summed E-state index contributed by atoms with van der Waals surface area (Å²) < 4.78 is 68.3. The molecule has 0 aromatic heterocycles. The number of aliphatic hydroxyl groups is 1. The van der Waals surface area contributed by atoms with Gasteiger partial charge in [-0.3, -0.25) is 37.3 Å². The second-order valence-corrected chi connectivity index (χ2v) is 29.8. The maximum atomic E-state index is 13.0. The summed E-state index contributed by atoms with van der Waals surface area (Å²) in [7, 11) is -9.90. The van der Waals surface area contributed by atoms with Gasteiger partial charge in [0, 0.05) is 25.7 Å². The highest BCUT2D eigenvalue weighted by molar-refractivity contribution is 7.47. The Bertz CT molecular complexity index is 1770. The van der Waals surface area contributed by atoms with Crippen LogP contribution in [0.15, 0.2) is 0 Å². The van der Waals surface area contributed by atoms with Gasteiger partial charge in [-0.15, -0.1) is 0 Å². The zero-order valence-electron chi connectivity index (χ0n) is 58.1. The quantitative estimate of drug-likeness (QED) is 0.0222. The number of hydrogen-bond acceptors (Lipinski definition) is 15. The van der Waals surface area contributed by atoms with Crippen molar-refractivity contribution in [3.8, 4) is 0 Å². The van der Waals surface area contributed by atoms with Crippen LogP contribution in [0.3, 0.4) is 0 Å². The van der Waals surface area contributed by atoms with Crippen molar-refractivity contribution >= 4 is 39.5 Å². The van der Waals surface area contributed by atoms with Crippen molar-refractivity contribution in [3.05, 3.63) is 0 Å². The van der Waals surface area contributed by atoms with Crippen LogP contribution in [0.5, 0.6) is 0 Å². The van der Waals surface area contributed by atoms with Gasteiger partial charge in [0.05, 0.1) is 26.4 Å². The van der Waals surface area contributed by atoms with Gasteiger partial charge in [-0.2, -0.15) is 0 Å². The number of phosphoric ester groups is 2. The molecule has 89 heavy (non-hydrogen) atoms. The summed E-state index contributed by atoms with van der Waals surface area (Å²) in [5.74, 6) is 0.857. The van der Waals surface area contributed by atoms with E-state index in [1.54, 1.807) is 0 Å². The maximum Gasteiger partial charge on any atom is 0.472 e. The van der Waals surface area contributed by atoms with Gasteiger partial charge in [-0.25, -0.2) is 9.13 Å². The Morgan fingerprint density at radius 3 is 0.798 bits per heavy atom. The highest BCUT2D eigenvalue weighted by Gasteiger charge is 2.30. The van der Waals surface area contributed by atoms with Crippen LogP contribution in [0.4, 0.5) is 0 Å². The summed E-state index contributed by atoms with van der Waals surface area (Å²) in [6, 6.07) is 0. The fourth-order valence-electron chi connectivity index (χ4n) is 10.5. The Labute approximate surface area is 543 Å². The molecule has 0 fully saturated rings. The van der Waals surface area contributed by atoms with Crippen LogP contribution in [0.25, 0.3) is 0 Å². The summed E-state index contributed by atoms with van der Waals surface area (Å²) in [4.78, 5) is 72.5. The zero-order valence-corrected chi connectivity index (χ0v) is 59.8. The van der Waals surface area contributed by atoms with Gasteiger partial charge in [-0.05, 0) is 49.4 Å². The van der Waals surface area contributed by atoms with Crippen LogP contribution < -0.4 is 0 Å². The number of unbranched alkanes of at least 4 members (excludes halogenated alkanes) is 32. The highest BCUT2D eigenvalue weighted by atomic mass is 31.2. The third kappa shape index (κ3) is 63.2. The lowest BCUT2D eigenvalue weighted by molar-refractivity contribution is -0.161. The van der Waals surface area contributed by atoms with E-state index < -0.39 is 97.5 Å². The predicted octanol–water partition coefficient (Wildman–Crippen LogP) is 19.7. The molecule has 0 aromatic carbocycles. The fourth-order valence-corrected chi connectivity index (χ4v) is 12.0. The minimum atomic E-state index is -4.95. The molecule has 0 aliphatic rings. The number of carbonyl (C=O) groups excluding carboxylic acids is 4. The number of phosphoric acid groups is 2. The van der Waals surface area contributed by atoms with E-state index in [2.05, 4.69) is 55.4 Å². The average molecular weight is 1310 g/mol. The monoisotopic (exact) mass is 1310 g/mol. The molecule has 528 valence electrons. The van der Waals surface area contributed by atoms with Crippen LogP contribution in [-0.4, -0.2) is 96.7 Å². The third-order valence-electron chi connectivity index (χ3n) is 16.4. The average Bonchev–Trinajstić information content (AvgIpc) is 3.68. The molecule has 0 saturated heterocycles. The van der Waals surface area contributed by atoms with Crippen molar-refractivity contribution in [3.63, 3.8) is 0 Å². The lowest BCUT2D eigenvalue weighted by Gasteiger charge is -2.21. The van der Waals surface area contributed by atoms with Crippen LogP contribution >= 0.6 is 15.6 Å². The maximum absolute atomic E-state index is 13.0. The van der Waals surface area contributed by atoms with Crippen molar-refractivity contribution in [1.82, 2.24) is 0 Å². The van der Waals surface area contributed by atoms with Crippen molar-refractivity contribution in [2.75, 3.05) is 39.6 Å². The number of ether oxygens (including phenoxy) is 4. The Hall–Kier alpha value is -1.94. The van der Waals surface area contributed by atoms with Gasteiger partial charge < -0.3 is 33.8 Å². The molecule has 0 radical (unpaired) electrons. The minimum absolute atomic E-state index is 0.105. The summed E-state index contributed by atoms with van der Waals surface area (Å²) in [6.45, 7) is 14.1. The Morgan fingerprint density at radius 2 is 0.539 bits per heavy atom. The molecular weight excluding hydrogens is 1170 g/mol. The molecule has 0 spiro atoms. The molecular formula is C70H136O17P2. The Morgan fingerprint density at radius 1 is 0.315 bits per heavy atom. The van der Waals surface area contributed by atoms with E-state index in [1.807, 2.05) is 0 Å². The van der Waals surface area contributed by atoms with E-state index in [9.17, 15) is 43.2 Å². The SMILES string of the molecule is CCC(C)CCCCCCCCC(=O)OC[C@H](COP(=O)(O)OCC(O)COP(=O)(O)OC[C@@H](COC(=O)CCCCCCCCCCC(C)C)OC(=O)CCCCCCCCCCCCCC(C)C)OC(=O)CCCCCCCCCCCCCC(C)C. The molecule has 0 rings (SSSR count). The third-order valence-corrected chi connectivity index (χ3v) is 18.3. The van der Waals surface area contributed by atoms with E-state index in [4.69, 9.17) is 37.0 Å². The van der Waals surface area contributed by atoms with Crippen LogP contribution in [0, 0.1) is 23.7 Å². The largest absolute Gasteiger partial charge is 0.472 e. The number of aliphatic hydroxyl groups excluding tert-OH is 1. The molecule has 4 unspecified atom stereocenters. The molecule has 0 aromatic rings. The molecule has 6 atom stereocenters. The standard InChI is InChI=1S/C70H136O17P2/c1-9-63(8)49-41-33-28-29-35-43-51-68(73)81-57-66(87-70(75)53-45-37-27-19-15-11-13-17-23-31-39-47-61(4)5)59-85-89(78,79)83-55-64(71)54-82-88(76,77)84-58-65(56-80-67(72)50-42-34-25-21-20-24-32-40-48-62(6)7)86-69(74)52-44-36-26-18-14-10-12-16-22-30-38-46-60(2)3/h60-66,71H,9-59H2,1-8H3,(H,76,77)(H,78,79)/t63?,64?,65-,66-/m1/s1. The Balaban J connectivity index is 5.26. The van der Waals surface area contributed by atoms with Gasteiger partial charge >= 0.3 is 39.5 Å². The van der Waals surface area contributed by atoms with Gasteiger partial charge in [0.2, 0.25) is 0 Å². The predicted molar refractivity (Wildman–Crippen MR) is 358 cm³/mol. The van der Waals surface area contributed by atoms with Crippen LogP contribution in [-0.2, 0) is 65.4 Å². The number of esters is 4. The van der Waals surface area contributed by atoms with E-state index in [-0.39, 0.29) is 25.7 Å². The second kappa shape index (κ2) is 59.8. The molecule has 0 heterocycles. The summed E-state index contributed by atoms with van der Waals surface area (Å²) >= 11 is 0. The first-order valence-electron chi connectivity index (χ1n) is 36.2. The van der Waals surface area contributed by atoms with Crippen LogP contribution in [0.1, 0.15) is 344 Å². The summed E-state index contributed by atoms with van der Waals surface area (Å²) in [5.41, 5.74) is 0. The second-order valence-electron chi connectivity index (χ2n) is 26.9. The molecule has 19 heteroatoms. The molecule has 0 saturated carbocycles. The first kappa shape index (κ1) is 87.1. The fraction of sp³-hybridized carbons (Fsp3) is 0.943. The van der Waals surface area contributed by atoms with E-state index in [1.165, 1.54) is 141 Å². The van der Waals surface area contributed by atoms with Gasteiger partial charge in [0.15, 0.2) is 12.2 Å². The van der Waals surface area contributed by atoms with Gasteiger partial charge in [0.25, 0.3) is 0 Å². The first-order valence-corrected chi connectivity index (χ1v) is 39.2. The van der Waals surface area contributed by atoms with E-state index in [0.29, 0.717) is 25.7 Å². The summed E-state index contributed by atoms with van der Waals surface area (Å²) in [5, 5.41) is 10.6. The lowest BCUT2D eigenvalue weighted by atomic mass is 10.00.